The first-order valence-electron chi connectivity index (χ1n) is 6.45. The third kappa shape index (κ3) is 3.89. The molecule has 0 radical (unpaired) electrons. The lowest BCUT2D eigenvalue weighted by atomic mass is 10.3. The average Bonchev–Trinajstić information content (AvgIpc) is 2.89. The summed E-state index contributed by atoms with van der Waals surface area (Å²) >= 11 is 0. The van der Waals surface area contributed by atoms with Crippen LogP contribution in [0.25, 0.3) is 0 Å². The molecule has 1 atom stereocenters. The van der Waals surface area contributed by atoms with Gasteiger partial charge in [-0.1, -0.05) is 6.07 Å². The second kappa shape index (κ2) is 6.61. The quantitative estimate of drug-likeness (QED) is 0.832. The smallest absolute Gasteiger partial charge is 0.123 e. The van der Waals surface area contributed by atoms with Crippen LogP contribution in [0.15, 0.2) is 24.3 Å². The molecular weight excluding hydrogens is 230 g/mol. The van der Waals surface area contributed by atoms with Crippen molar-refractivity contribution in [1.29, 1.82) is 0 Å². The van der Waals surface area contributed by atoms with Gasteiger partial charge in [0.1, 0.15) is 24.2 Å². The topological polar surface area (TPSA) is 41.9 Å². The summed E-state index contributed by atoms with van der Waals surface area (Å²) in [6.45, 7) is 3.21. The van der Waals surface area contributed by atoms with Gasteiger partial charge in [-0.15, -0.1) is 0 Å². The Morgan fingerprint density at radius 3 is 2.72 bits per heavy atom. The summed E-state index contributed by atoms with van der Waals surface area (Å²) in [5.41, 5.74) is 0. The lowest BCUT2D eigenvalue weighted by Crippen LogP contribution is -2.33. The van der Waals surface area contributed by atoms with Gasteiger partial charge in [-0.25, -0.2) is 0 Å². The Hall–Kier alpha value is -1.26. The van der Waals surface area contributed by atoms with Gasteiger partial charge >= 0.3 is 0 Å². The van der Waals surface area contributed by atoms with Crippen molar-refractivity contribution in [2.45, 2.75) is 18.9 Å². The Balaban J connectivity index is 1.75. The number of methoxy groups -OCH3 is 1. The molecule has 0 unspecified atom stereocenters. The molecule has 0 aliphatic carbocycles. The predicted octanol–water partition coefficient (Wildman–Crippen LogP) is 1.53. The van der Waals surface area contributed by atoms with Crippen LogP contribution in [-0.4, -0.2) is 49.5 Å². The number of rotatable bonds is 6. The lowest BCUT2D eigenvalue weighted by Gasteiger charge is -2.19. The van der Waals surface area contributed by atoms with Crippen LogP contribution in [0, 0.1) is 0 Å². The molecule has 0 aromatic heterocycles. The number of likely N-dealkylation sites (tertiary alicyclic amines) is 1. The Labute approximate surface area is 108 Å². The number of nitrogens with zero attached hydrogens (tertiary/aromatic N) is 1. The number of hydrogen-bond acceptors (Lipinski definition) is 4. The van der Waals surface area contributed by atoms with Crippen molar-refractivity contribution in [2.75, 3.05) is 33.4 Å². The zero-order valence-electron chi connectivity index (χ0n) is 10.8. The number of aliphatic hydroxyl groups is 1. The number of hydrogen-bond donors (Lipinski definition) is 1. The molecule has 1 aliphatic heterocycles. The van der Waals surface area contributed by atoms with Crippen LogP contribution in [0.3, 0.4) is 0 Å². The van der Waals surface area contributed by atoms with E-state index < -0.39 is 6.10 Å². The van der Waals surface area contributed by atoms with Crippen molar-refractivity contribution in [3.05, 3.63) is 24.3 Å². The van der Waals surface area contributed by atoms with Crippen molar-refractivity contribution >= 4 is 0 Å². The standard InChI is InChI=1S/C14H21NO3/c1-17-13-5-4-6-14(9-13)18-11-12(16)10-15-7-2-3-8-15/h4-6,9,12,16H,2-3,7-8,10-11H2,1H3/t12-/m0/s1. The van der Waals surface area contributed by atoms with Crippen LogP contribution >= 0.6 is 0 Å². The Morgan fingerprint density at radius 2 is 2.00 bits per heavy atom. The summed E-state index contributed by atoms with van der Waals surface area (Å²) in [4.78, 5) is 2.28. The summed E-state index contributed by atoms with van der Waals surface area (Å²) < 4.78 is 10.7. The summed E-state index contributed by atoms with van der Waals surface area (Å²) in [6, 6.07) is 7.43. The number of ether oxygens (including phenoxy) is 2. The van der Waals surface area contributed by atoms with E-state index in [0.29, 0.717) is 13.2 Å². The highest BCUT2D eigenvalue weighted by Crippen LogP contribution is 2.19. The molecule has 0 saturated carbocycles. The van der Waals surface area contributed by atoms with E-state index in [1.54, 1.807) is 7.11 Å². The minimum Gasteiger partial charge on any atom is -0.497 e. The number of benzene rings is 1. The van der Waals surface area contributed by atoms with Gasteiger partial charge in [0.15, 0.2) is 0 Å². The largest absolute Gasteiger partial charge is 0.497 e. The fourth-order valence-corrected chi connectivity index (χ4v) is 2.20. The molecule has 1 fully saturated rings. The Morgan fingerprint density at radius 1 is 1.28 bits per heavy atom. The van der Waals surface area contributed by atoms with E-state index in [2.05, 4.69) is 4.90 Å². The van der Waals surface area contributed by atoms with Gasteiger partial charge < -0.3 is 19.5 Å². The molecule has 4 heteroatoms. The van der Waals surface area contributed by atoms with Crippen molar-refractivity contribution in [1.82, 2.24) is 4.90 Å². The fourth-order valence-electron chi connectivity index (χ4n) is 2.20. The predicted molar refractivity (Wildman–Crippen MR) is 70.2 cm³/mol. The fraction of sp³-hybridized carbons (Fsp3) is 0.571. The zero-order valence-corrected chi connectivity index (χ0v) is 10.8. The third-order valence-corrected chi connectivity index (χ3v) is 3.15. The molecule has 18 heavy (non-hydrogen) atoms. The maximum Gasteiger partial charge on any atom is 0.123 e. The summed E-state index contributed by atoms with van der Waals surface area (Å²) in [6.07, 6.45) is 2.04. The monoisotopic (exact) mass is 251 g/mol. The van der Waals surface area contributed by atoms with E-state index in [1.165, 1.54) is 12.8 Å². The summed E-state index contributed by atoms with van der Waals surface area (Å²) in [7, 11) is 1.63. The van der Waals surface area contributed by atoms with Gasteiger partial charge in [0.25, 0.3) is 0 Å². The minimum absolute atomic E-state index is 0.323. The van der Waals surface area contributed by atoms with Crippen LogP contribution in [0.5, 0.6) is 11.5 Å². The van der Waals surface area contributed by atoms with Gasteiger partial charge in [-0.05, 0) is 38.1 Å². The van der Waals surface area contributed by atoms with E-state index in [-0.39, 0.29) is 0 Å². The van der Waals surface area contributed by atoms with Gasteiger partial charge in [-0.2, -0.15) is 0 Å². The molecule has 0 bridgehead atoms. The van der Waals surface area contributed by atoms with E-state index in [9.17, 15) is 5.11 Å². The molecule has 2 rings (SSSR count). The van der Waals surface area contributed by atoms with Crippen LogP contribution in [0.4, 0.5) is 0 Å². The minimum atomic E-state index is -0.436. The van der Waals surface area contributed by atoms with Crippen LogP contribution in [-0.2, 0) is 0 Å². The number of β-amino-alcohol motifs (C(OH)–C–C–N with tert-alkyl or cyclic N) is 1. The maximum atomic E-state index is 9.90. The second-order valence-electron chi connectivity index (χ2n) is 4.65. The molecule has 0 spiro atoms. The van der Waals surface area contributed by atoms with E-state index >= 15 is 0 Å². The average molecular weight is 251 g/mol. The second-order valence-corrected chi connectivity index (χ2v) is 4.65. The molecule has 1 aromatic carbocycles. The molecular formula is C14H21NO3. The third-order valence-electron chi connectivity index (χ3n) is 3.15. The molecule has 1 aromatic rings. The van der Waals surface area contributed by atoms with Gasteiger partial charge in [-0.3, -0.25) is 0 Å². The first-order chi connectivity index (χ1) is 8.78. The SMILES string of the molecule is COc1cccc(OC[C@@H](O)CN2CCCC2)c1. The molecule has 1 saturated heterocycles. The Bertz CT molecular complexity index is 364. The van der Waals surface area contributed by atoms with Gasteiger partial charge in [0, 0.05) is 12.6 Å². The van der Waals surface area contributed by atoms with Crippen molar-refractivity contribution in [3.8, 4) is 11.5 Å². The number of aliphatic hydroxyl groups excluding tert-OH is 1. The summed E-state index contributed by atoms with van der Waals surface area (Å²) in [5, 5.41) is 9.90. The normalized spacial score (nSPS) is 17.7. The van der Waals surface area contributed by atoms with Crippen molar-refractivity contribution in [3.63, 3.8) is 0 Å². The van der Waals surface area contributed by atoms with Gasteiger partial charge in [0.2, 0.25) is 0 Å². The highest BCUT2D eigenvalue weighted by molar-refractivity contribution is 5.32. The first-order valence-corrected chi connectivity index (χ1v) is 6.45. The van der Waals surface area contributed by atoms with E-state index in [4.69, 9.17) is 9.47 Å². The van der Waals surface area contributed by atoms with Crippen LogP contribution in [0.1, 0.15) is 12.8 Å². The van der Waals surface area contributed by atoms with Crippen molar-refractivity contribution < 1.29 is 14.6 Å². The molecule has 1 aliphatic rings. The van der Waals surface area contributed by atoms with Gasteiger partial charge in [0.05, 0.1) is 7.11 Å². The van der Waals surface area contributed by atoms with Crippen LogP contribution < -0.4 is 9.47 Å². The highest BCUT2D eigenvalue weighted by atomic mass is 16.5. The molecule has 4 nitrogen and oxygen atoms in total. The first kappa shape index (κ1) is 13.2. The lowest BCUT2D eigenvalue weighted by molar-refractivity contribution is 0.0757. The molecule has 1 heterocycles. The molecule has 0 amide bonds. The highest BCUT2D eigenvalue weighted by Gasteiger charge is 2.16. The molecule has 1 N–H and O–H groups in total. The zero-order chi connectivity index (χ0) is 12.8. The van der Waals surface area contributed by atoms with E-state index in [0.717, 1.165) is 24.6 Å². The van der Waals surface area contributed by atoms with E-state index in [1.807, 2.05) is 24.3 Å². The Kier molecular flexibility index (Phi) is 4.84. The maximum absolute atomic E-state index is 9.90. The van der Waals surface area contributed by atoms with Crippen LogP contribution in [0.2, 0.25) is 0 Å². The van der Waals surface area contributed by atoms with Crippen molar-refractivity contribution in [2.24, 2.45) is 0 Å². The molecule has 100 valence electrons. The summed E-state index contributed by atoms with van der Waals surface area (Å²) in [5.74, 6) is 1.50.